The van der Waals surface area contributed by atoms with Gasteiger partial charge >= 0.3 is 0 Å². The van der Waals surface area contributed by atoms with Gasteiger partial charge in [0.1, 0.15) is 16.7 Å². The Hall–Kier alpha value is -3.72. The first-order valence-corrected chi connectivity index (χ1v) is 10.5. The Bertz CT molecular complexity index is 1120. The Labute approximate surface area is 183 Å². The second-order valence-corrected chi connectivity index (χ2v) is 7.78. The third-order valence-corrected chi connectivity index (χ3v) is 5.80. The maximum Gasteiger partial charge on any atom is 0.247 e. The smallest absolute Gasteiger partial charge is 0.247 e. The fraction of sp³-hybridized carbons (Fsp3) is 0.182. The number of aromatic nitrogens is 4. The van der Waals surface area contributed by atoms with E-state index in [1.54, 1.807) is 30.3 Å². The second-order valence-electron chi connectivity index (χ2n) is 6.91. The minimum absolute atomic E-state index is 0.163. The number of anilines is 2. The number of ether oxygens (including phenoxy) is 1. The third-order valence-electron chi connectivity index (χ3n) is 4.94. The summed E-state index contributed by atoms with van der Waals surface area (Å²) >= 11 is 1.49. The number of aromatic amines is 1. The van der Waals surface area contributed by atoms with Gasteiger partial charge in [-0.15, -0.1) is 11.3 Å². The Morgan fingerprint density at radius 3 is 2.74 bits per heavy atom. The number of rotatable bonds is 8. The zero-order chi connectivity index (χ0) is 21.6. The highest BCUT2D eigenvalue weighted by Gasteiger charge is 2.26. The topological polar surface area (TPSA) is 96.0 Å². The van der Waals surface area contributed by atoms with Gasteiger partial charge in [0.25, 0.3) is 0 Å². The largest absolute Gasteiger partial charge is 0.480 e. The Morgan fingerprint density at radius 2 is 2.06 bits per heavy atom. The Morgan fingerprint density at radius 1 is 1.23 bits per heavy atom. The zero-order valence-corrected chi connectivity index (χ0v) is 18.0. The van der Waals surface area contributed by atoms with E-state index in [-0.39, 0.29) is 5.91 Å². The molecule has 0 bridgehead atoms. The van der Waals surface area contributed by atoms with Crippen LogP contribution >= 0.6 is 11.3 Å². The lowest BCUT2D eigenvalue weighted by Gasteiger charge is -2.28. The minimum atomic E-state index is -0.454. The van der Waals surface area contributed by atoms with Gasteiger partial charge in [0, 0.05) is 37.0 Å². The van der Waals surface area contributed by atoms with Gasteiger partial charge in [-0.1, -0.05) is 30.3 Å². The highest BCUT2D eigenvalue weighted by Crippen LogP contribution is 2.29. The number of H-pyrrole nitrogens is 1. The van der Waals surface area contributed by atoms with E-state index in [4.69, 9.17) is 4.74 Å². The highest BCUT2D eigenvalue weighted by atomic mass is 32.1. The number of hydrogen-bond acceptors (Lipinski definition) is 7. The number of nitrogens with zero attached hydrogens (tertiary/aromatic N) is 4. The van der Waals surface area contributed by atoms with Crippen LogP contribution in [-0.4, -0.2) is 46.3 Å². The number of thiazole rings is 1. The van der Waals surface area contributed by atoms with Crippen molar-refractivity contribution in [3.8, 4) is 17.0 Å². The van der Waals surface area contributed by atoms with Crippen molar-refractivity contribution in [1.82, 2.24) is 20.2 Å². The zero-order valence-electron chi connectivity index (χ0n) is 17.1. The molecule has 0 unspecified atom stereocenters. The van der Waals surface area contributed by atoms with Gasteiger partial charge in [-0.3, -0.25) is 14.9 Å². The van der Waals surface area contributed by atoms with Crippen LogP contribution in [0.5, 0.6) is 5.88 Å². The summed E-state index contributed by atoms with van der Waals surface area (Å²) in [5.41, 5.74) is 5.01. The molecule has 4 rings (SSSR count). The van der Waals surface area contributed by atoms with E-state index < -0.39 is 6.04 Å². The number of pyridine rings is 1. The number of methoxy groups -OCH3 is 1. The third kappa shape index (κ3) is 4.72. The molecule has 8 nitrogen and oxygen atoms in total. The fourth-order valence-corrected chi connectivity index (χ4v) is 3.91. The number of benzene rings is 1. The second kappa shape index (κ2) is 9.40. The van der Waals surface area contributed by atoms with Gasteiger partial charge in [0.2, 0.25) is 11.8 Å². The van der Waals surface area contributed by atoms with Crippen LogP contribution in [0.3, 0.4) is 0 Å². The van der Waals surface area contributed by atoms with Crippen LogP contribution in [0.1, 0.15) is 5.56 Å². The standard InChI is InChI=1S/C22H22N6O2S/c1-28(20-13-23-14-31-20)19(8-15-6-4-3-5-7-15)21(29)27-18-9-16(10-24-22(18)30-2)17-11-25-26-12-17/h3-7,9-14,19H,8H2,1-2H3,(H,25,26)(H,27,29)/t19-/m0/s1. The van der Waals surface area contributed by atoms with E-state index in [2.05, 4.69) is 25.5 Å². The van der Waals surface area contributed by atoms with Gasteiger partial charge in [-0.2, -0.15) is 5.10 Å². The normalized spacial score (nSPS) is 11.7. The molecule has 0 spiro atoms. The van der Waals surface area contributed by atoms with Crippen molar-refractivity contribution < 1.29 is 9.53 Å². The molecular formula is C22H22N6O2S. The molecule has 3 heterocycles. The molecule has 0 fully saturated rings. The first-order valence-electron chi connectivity index (χ1n) is 9.65. The van der Waals surface area contributed by atoms with Crippen molar-refractivity contribution in [1.29, 1.82) is 0 Å². The number of likely N-dealkylation sites (N-methyl/N-ethyl adjacent to an activating group) is 1. The Kier molecular flexibility index (Phi) is 6.23. The molecule has 0 saturated carbocycles. The van der Waals surface area contributed by atoms with E-state index in [9.17, 15) is 4.79 Å². The van der Waals surface area contributed by atoms with Gasteiger partial charge in [-0.25, -0.2) is 4.98 Å². The van der Waals surface area contributed by atoms with Gasteiger partial charge in [0.15, 0.2) is 0 Å². The lowest BCUT2D eigenvalue weighted by molar-refractivity contribution is -0.117. The quantitative estimate of drug-likeness (QED) is 0.440. The number of nitrogens with one attached hydrogen (secondary N) is 2. The predicted molar refractivity (Wildman–Crippen MR) is 121 cm³/mol. The molecule has 0 radical (unpaired) electrons. The van der Waals surface area contributed by atoms with Crippen LogP contribution in [0.15, 0.2) is 66.7 Å². The van der Waals surface area contributed by atoms with Crippen LogP contribution in [0.25, 0.3) is 11.1 Å². The lowest BCUT2D eigenvalue weighted by atomic mass is 10.0. The molecule has 4 aromatic rings. The number of hydrogen-bond donors (Lipinski definition) is 2. The van der Waals surface area contributed by atoms with Crippen molar-refractivity contribution >= 4 is 27.9 Å². The molecule has 2 N–H and O–H groups in total. The van der Waals surface area contributed by atoms with E-state index in [1.807, 2.05) is 48.3 Å². The summed E-state index contributed by atoms with van der Waals surface area (Å²) in [5, 5.41) is 10.7. The molecule has 1 atom stereocenters. The SMILES string of the molecule is COc1ncc(-c2cn[nH]c2)cc1NC(=O)[C@H](Cc1ccccc1)N(C)c1cncs1. The van der Waals surface area contributed by atoms with E-state index in [0.29, 0.717) is 18.0 Å². The summed E-state index contributed by atoms with van der Waals surface area (Å²) in [4.78, 5) is 23.9. The maximum absolute atomic E-state index is 13.4. The summed E-state index contributed by atoms with van der Waals surface area (Å²) in [6, 6.07) is 11.3. The average molecular weight is 435 g/mol. The molecule has 0 aliphatic carbocycles. The van der Waals surface area contributed by atoms with Crippen LogP contribution in [-0.2, 0) is 11.2 Å². The van der Waals surface area contributed by atoms with Gasteiger partial charge in [-0.05, 0) is 11.6 Å². The summed E-state index contributed by atoms with van der Waals surface area (Å²) < 4.78 is 5.38. The average Bonchev–Trinajstić information content (AvgIpc) is 3.52. The van der Waals surface area contributed by atoms with Crippen molar-refractivity contribution in [3.63, 3.8) is 0 Å². The van der Waals surface area contributed by atoms with E-state index in [0.717, 1.165) is 21.7 Å². The molecule has 1 amide bonds. The van der Waals surface area contributed by atoms with Crippen molar-refractivity contribution in [2.45, 2.75) is 12.5 Å². The number of carbonyl (C=O) groups excluding carboxylic acids is 1. The van der Waals surface area contributed by atoms with Crippen LogP contribution in [0.2, 0.25) is 0 Å². The monoisotopic (exact) mass is 434 g/mol. The van der Waals surface area contributed by atoms with Crippen LogP contribution in [0, 0.1) is 0 Å². The summed E-state index contributed by atoms with van der Waals surface area (Å²) in [6.45, 7) is 0. The van der Waals surface area contributed by atoms with Crippen molar-refractivity contribution in [2.24, 2.45) is 0 Å². The van der Waals surface area contributed by atoms with Gasteiger partial charge in [0.05, 0.1) is 25.0 Å². The van der Waals surface area contributed by atoms with E-state index >= 15 is 0 Å². The molecule has 1 aromatic carbocycles. The number of carbonyl (C=O) groups is 1. The molecule has 0 aliphatic heterocycles. The molecular weight excluding hydrogens is 412 g/mol. The Balaban J connectivity index is 1.63. The fourth-order valence-electron chi connectivity index (χ4n) is 3.27. The lowest BCUT2D eigenvalue weighted by Crippen LogP contribution is -2.43. The minimum Gasteiger partial charge on any atom is -0.480 e. The summed E-state index contributed by atoms with van der Waals surface area (Å²) in [5.74, 6) is 0.184. The predicted octanol–water partition coefficient (Wildman–Crippen LogP) is 3.62. The molecule has 0 saturated heterocycles. The molecule has 3 aromatic heterocycles. The molecule has 31 heavy (non-hydrogen) atoms. The molecule has 9 heteroatoms. The number of amides is 1. The van der Waals surface area contributed by atoms with E-state index in [1.165, 1.54) is 18.4 Å². The first-order chi connectivity index (χ1) is 15.2. The van der Waals surface area contributed by atoms with Crippen LogP contribution < -0.4 is 15.0 Å². The van der Waals surface area contributed by atoms with Crippen LogP contribution in [0.4, 0.5) is 10.7 Å². The summed E-state index contributed by atoms with van der Waals surface area (Å²) in [6.07, 6.45) is 7.45. The highest BCUT2D eigenvalue weighted by molar-refractivity contribution is 7.13. The summed E-state index contributed by atoms with van der Waals surface area (Å²) in [7, 11) is 3.43. The molecule has 0 aliphatic rings. The van der Waals surface area contributed by atoms with Crippen molar-refractivity contribution in [3.05, 3.63) is 72.3 Å². The molecule has 158 valence electrons. The maximum atomic E-state index is 13.4. The first kappa shape index (κ1) is 20.5. The van der Waals surface area contributed by atoms with Crippen molar-refractivity contribution in [2.75, 3.05) is 24.4 Å². The van der Waals surface area contributed by atoms with Gasteiger partial charge < -0.3 is 15.0 Å².